The summed E-state index contributed by atoms with van der Waals surface area (Å²) >= 11 is 0.570. The first-order valence-corrected chi connectivity index (χ1v) is 11.7. The van der Waals surface area contributed by atoms with Gasteiger partial charge in [0.05, 0.1) is 16.6 Å². The van der Waals surface area contributed by atoms with Crippen molar-refractivity contribution in [2.75, 3.05) is 10.6 Å². The molecule has 4 aromatic rings. The maximum Gasteiger partial charge on any atom is 0.333 e. The third kappa shape index (κ3) is 4.69. The number of anilines is 2. The number of H-pyrrole nitrogens is 1. The first kappa shape index (κ1) is 22.8. The van der Waals surface area contributed by atoms with E-state index in [1.165, 1.54) is 31.2 Å². The van der Waals surface area contributed by atoms with Gasteiger partial charge in [0.15, 0.2) is 0 Å². The molecule has 3 amide bonds. The fourth-order valence-electron chi connectivity index (χ4n) is 2.93. The number of carbonyl (C=O) groups is 2. The SMILES string of the molecule is CC(=O)Nc1nnc(S(=O)(=O)NC(=O)Nc2ccc(-n3c(=O)[nH]c4ccccc4c3=O)cc2)s1. The lowest BCUT2D eigenvalue weighted by Gasteiger charge is -2.09. The predicted molar refractivity (Wildman–Crippen MR) is 124 cm³/mol. The van der Waals surface area contributed by atoms with Gasteiger partial charge in [0.2, 0.25) is 11.0 Å². The Balaban J connectivity index is 1.50. The van der Waals surface area contributed by atoms with Gasteiger partial charge in [0, 0.05) is 12.6 Å². The molecule has 0 spiro atoms. The molecule has 13 nitrogen and oxygen atoms in total. The standard InChI is InChI=1S/C19H15N7O6S2/c1-10(27)20-17-23-24-19(33-17)34(31,32)25-16(29)21-11-6-8-12(9-7-11)26-15(28)13-4-2-3-5-14(13)22-18(26)30/h2-9H,1H3,(H,22,30)(H,20,23,27)(H2,21,25,29). The van der Waals surface area contributed by atoms with E-state index in [-0.39, 0.29) is 16.5 Å². The van der Waals surface area contributed by atoms with E-state index in [9.17, 15) is 27.6 Å². The largest absolute Gasteiger partial charge is 0.333 e. The van der Waals surface area contributed by atoms with E-state index in [1.54, 1.807) is 29.0 Å². The van der Waals surface area contributed by atoms with Gasteiger partial charge in [-0.3, -0.25) is 9.59 Å². The molecule has 0 bridgehead atoms. The zero-order chi connectivity index (χ0) is 24.5. The van der Waals surface area contributed by atoms with Gasteiger partial charge in [-0.05, 0) is 36.4 Å². The summed E-state index contributed by atoms with van der Waals surface area (Å²) in [5.74, 6) is -0.456. The number of aromatic nitrogens is 4. The van der Waals surface area contributed by atoms with Crippen LogP contribution in [-0.2, 0) is 14.8 Å². The van der Waals surface area contributed by atoms with Crippen molar-refractivity contribution < 1.29 is 18.0 Å². The molecule has 0 unspecified atom stereocenters. The van der Waals surface area contributed by atoms with Gasteiger partial charge in [-0.25, -0.2) is 18.9 Å². The molecule has 2 heterocycles. The summed E-state index contributed by atoms with van der Waals surface area (Å²) in [5, 5.41) is 11.9. The molecule has 0 aliphatic carbocycles. The Morgan fingerprint density at radius 2 is 1.71 bits per heavy atom. The van der Waals surface area contributed by atoms with Crippen LogP contribution in [0.15, 0.2) is 62.5 Å². The van der Waals surface area contributed by atoms with Crippen molar-refractivity contribution in [1.82, 2.24) is 24.5 Å². The summed E-state index contributed by atoms with van der Waals surface area (Å²) in [7, 11) is -4.34. The molecule has 0 saturated heterocycles. The Morgan fingerprint density at radius 1 is 1.00 bits per heavy atom. The monoisotopic (exact) mass is 501 g/mol. The van der Waals surface area contributed by atoms with Gasteiger partial charge in [0.1, 0.15) is 0 Å². The number of hydrogen-bond donors (Lipinski definition) is 4. The van der Waals surface area contributed by atoms with E-state index >= 15 is 0 Å². The molecule has 2 aromatic heterocycles. The third-order valence-electron chi connectivity index (χ3n) is 4.34. The van der Waals surface area contributed by atoms with Crippen LogP contribution in [0.5, 0.6) is 0 Å². The maximum atomic E-state index is 12.7. The van der Waals surface area contributed by atoms with Gasteiger partial charge in [0.25, 0.3) is 19.9 Å². The van der Waals surface area contributed by atoms with E-state index in [4.69, 9.17) is 0 Å². The fourth-order valence-corrected chi connectivity index (χ4v) is 4.79. The molecule has 2 aromatic carbocycles. The topological polar surface area (TPSA) is 185 Å². The van der Waals surface area contributed by atoms with Crippen LogP contribution in [-0.4, -0.2) is 40.1 Å². The summed E-state index contributed by atoms with van der Waals surface area (Å²) in [6, 6.07) is 11.1. The number of nitrogens with zero attached hydrogens (tertiary/aromatic N) is 3. The van der Waals surface area contributed by atoms with Crippen molar-refractivity contribution >= 4 is 55.0 Å². The summed E-state index contributed by atoms with van der Waals surface area (Å²) in [4.78, 5) is 50.9. The van der Waals surface area contributed by atoms with Crippen LogP contribution in [0, 0.1) is 0 Å². The summed E-state index contributed by atoms with van der Waals surface area (Å²) in [5.41, 5.74) is -0.305. The number of rotatable bonds is 5. The smallest absolute Gasteiger partial charge is 0.307 e. The molecule has 174 valence electrons. The van der Waals surface area contributed by atoms with Crippen molar-refractivity contribution in [3.8, 4) is 5.69 Å². The predicted octanol–water partition coefficient (Wildman–Crippen LogP) is 0.999. The lowest BCUT2D eigenvalue weighted by molar-refractivity contribution is -0.114. The molecule has 4 N–H and O–H groups in total. The quantitative estimate of drug-likeness (QED) is 0.292. The Labute approximate surface area is 194 Å². The Hall–Kier alpha value is -4.37. The second kappa shape index (κ2) is 8.87. The minimum Gasteiger partial charge on any atom is -0.307 e. The van der Waals surface area contributed by atoms with Gasteiger partial charge in [-0.1, -0.05) is 23.5 Å². The van der Waals surface area contributed by atoms with Crippen LogP contribution in [0.3, 0.4) is 0 Å². The van der Waals surface area contributed by atoms with Crippen LogP contribution in [0.25, 0.3) is 16.6 Å². The lowest BCUT2D eigenvalue weighted by atomic mass is 10.2. The molecule has 0 atom stereocenters. The van der Waals surface area contributed by atoms with Gasteiger partial charge < -0.3 is 15.6 Å². The second-order valence-electron chi connectivity index (χ2n) is 6.78. The highest BCUT2D eigenvalue weighted by atomic mass is 32.2. The molecular weight excluding hydrogens is 486 g/mol. The van der Waals surface area contributed by atoms with Gasteiger partial charge in [-0.15, -0.1) is 10.2 Å². The summed E-state index contributed by atoms with van der Waals surface area (Å²) in [6.07, 6.45) is 0. The number of amides is 3. The molecule has 15 heteroatoms. The molecule has 4 rings (SSSR count). The van der Waals surface area contributed by atoms with E-state index in [0.717, 1.165) is 4.57 Å². The number of benzene rings is 2. The fraction of sp³-hybridized carbons (Fsp3) is 0.0526. The molecule has 0 aliphatic heterocycles. The Bertz CT molecular complexity index is 1640. The van der Waals surface area contributed by atoms with Crippen molar-refractivity contribution in [2.24, 2.45) is 0 Å². The van der Waals surface area contributed by atoms with Crippen LogP contribution in [0.2, 0.25) is 0 Å². The lowest BCUT2D eigenvalue weighted by Crippen LogP contribution is -2.34. The zero-order valence-corrected chi connectivity index (χ0v) is 18.9. The van der Waals surface area contributed by atoms with Crippen molar-refractivity contribution in [1.29, 1.82) is 0 Å². The van der Waals surface area contributed by atoms with E-state index in [0.29, 0.717) is 22.2 Å². The number of hydrogen-bond acceptors (Lipinski definition) is 9. The number of urea groups is 1. The number of para-hydroxylation sites is 1. The second-order valence-corrected chi connectivity index (χ2v) is 9.61. The number of sulfonamides is 1. The maximum absolute atomic E-state index is 12.7. The van der Waals surface area contributed by atoms with Crippen molar-refractivity contribution in [3.05, 3.63) is 69.4 Å². The summed E-state index contributed by atoms with van der Waals surface area (Å²) in [6.45, 7) is 1.22. The number of nitrogens with one attached hydrogen (secondary N) is 4. The molecular formula is C19H15N7O6S2. The number of aromatic amines is 1. The highest BCUT2D eigenvalue weighted by Crippen LogP contribution is 2.20. The highest BCUT2D eigenvalue weighted by molar-refractivity contribution is 7.92. The third-order valence-corrected chi connectivity index (χ3v) is 6.87. The normalized spacial score (nSPS) is 11.2. The van der Waals surface area contributed by atoms with Crippen LogP contribution in [0.4, 0.5) is 15.6 Å². The first-order chi connectivity index (χ1) is 16.1. The van der Waals surface area contributed by atoms with Crippen LogP contribution < -0.4 is 26.6 Å². The minimum atomic E-state index is -4.34. The zero-order valence-electron chi connectivity index (χ0n) is 17.2. The van der Waals surface area contributed by atoms with Crippen LogP contribution >= 0.6 is 11.3 Å². The molecule has 34 heavy (non-hydrogen) atoms. The average molecular weight is 502 g/mol. The molecule has 0 aliphatic rings. The number of fused-ring (bicyclic) bond motifs is 1. The number of carbonyl (C=O) groups excluding carboxylic acids is 2. The van der Waals surface area contributed by atoms with E-state index in [2.05, 4.69) is 25.8 Å². The van der Waals surface area contributed by atoms with Crippen LogP contribution in [0.1, 0.15) is 6.92 Å². The average Bonchev–Trinajstić information content (AvgIpc) is 3.23. The Morgan fingerprint density at radius 3 is 2.41 bits per heavy atom. The van der Waals surface area contributed by atoms with Crippen molar-refractivity contribution in [2.45, 2.75) is 11.3 Å². The highest BCUT2D eigenvalue weighted by Gasteiger charge is 2.23. The van der Waals surface area contributed by atoms with Crippen molar-refractivity contribution in [3.63, 3.8) is 0 Å². The first-order valence-electron chi connectivity index (χ1n) is 9.43. The molecule has 0 fully saturated rings. The summed E-state index contributed by atoms with van der Waals surface area (Å²) < 4.78 is 26.8. The minimum absolute atomic E-state index is 0.0391. The van der Waals surface area contributed by atoms with Gasteiger partial charge in [-0.2, -0.15) is 8.42 Å². The van der Waals surface area contributed by atoms with Gasteiger partial charge >= 0.3 is 11.7 Å². The Kier molecular flexibility index (Phi) is 5.95. The molecule has 0 radical (unpaired) electrons. The van der Waals surface area contributed by atoms with E-state index < -0.39 is 37.6 Å². The molecule has 0 saturated carbocycles. The van der Waals surface area contributed by atoms with E-state index in [1.807, 2.05) is 0 Å².